The van der Waals surface area contributed by atoms with Crippen LogP contribution in [-0.4, -0.2) is 18.3 Å². The highest BCUT2D eigenvalue weighted by Crippen LogP contribution is 2.15. The summed E-state index contributed by atoms with van der Waals surface area (Å²) in [5.41, 5.74) is 4.20. The fourth-order valence-electron chi connectivity index (χ4n) is 3.01. The molecule has 2 rings (SSSR count). The first-order valence-electron chi connectivity index (χ1n) is 10.5. The zero-order valence-corrected chi connectivity index (χ0v) is 17.5. The van der Waals surface area contributed by atoms with E-state index in [2.05, 4.69) is 43.1 Å². The van der Waals surface area contributed by atoms with E-state index in [4.69, 9.17) is 4.74 Å². The van der Waals surface area contributed by atoms with Gasteiger partial charge in [-0.05, 0) is 74.4 Å². The van der Waals surface area contributed by atoms with E-state index in [1.807, 2.05) is 37.4 Å². The quantitative estimate of drug-likeness (QED) is 0.321. The largest absolute Gasteiger partial charge is 0.459 e. The molecule has 0 saturated heterocycles. The molecule has 3 heteroatoms. The topological polar surface area (TPSA) is 38.7 Å². The summed E-state index contributed by atoms with van der Waals surface area (Å²) in [4.78, 5) is 16.7. The zero-order valence-electron chi connectivity index (χ0n) is 17.5. The SMILES string of the molecule is CCCCc1ccc(C(=O)OC(C)CCC=Nc2ccc(CCC)cc2)cc1. The molecule has 1 unspecified atom stereocenters. The maximum absolute atomic E-state index is 12.3. The first kappa shape index (κ1) is 21.9. The van der Waals surface area contributed by atoms with Gasteiger partial charge >= 0.3 is 5.97 Å². The van der Waals surface area contributed by atoms with Gasteiger partial charge in [0.25, 0.3) is 0 Å². The third-order valence-electron chi connectivity index (χ3n) is 4.73. The molecular formula is C25H33NO2. The Morgan fingerprint density at radius 3 is 2.25 bits per heavy atom. The van der Waals surface area contributed by atoms with Gasteiger partial charge < -0.3 is 4.74 Å². The molecule has 0 N–H and O–H groups in total. The Bertz CT molecular complexity index is 732. The van der Waals surface area contributed by atoms with E-state index in [0.717, 1.165) is 37.8 Å². The molecule has 3 nitrogen and oxygen atoms in total. The molecule has 0 heterocycles. The Labute approximate surface area is 169 Å². The highest BCUT2D eigenvalue weighted by atomic mass is 16.5. The van der Waals surface area contributed by atoms with E-state index in [1.165, 1.54) is 24.0 Å². The lowest BCUT2D eigenvalue weighted by Gasteiger charge is -2.12. The fraction of sp³-hybridized carbons (Fsp3) is 0.440. The maximum atomic E-state index is 12.3. The first-order chi connectivity index (χ1) is 13.6. The van der Waals surface area contributed by atoms with Gasteiger partial charge in [0, 0.05) is 6.21 Å². The van der Waals surface area contributed by atoms with Crippen LogP contribution in [0.5, 0.6) is 0 Å². The number of hydrogen-bond donors (Lipinski definition) is 0. The van der Waals surface area contributed by atoms with E-state index < -0.39 is 0 Å². The maximum Gasteiger partial charge on any atom is 0.338 e. The number of benzene rings is 2. The molecule has 2 aromatic carbocycles. The van der Waals surface area contributed by atoms with Crippen LogP contribution in [0.25, 0.3) is 0 Å². The van der Waals surface area contributed by atoms with Gasteiger partial charge in [-0.15, -0.1) is 0 Å². The number of nitrogens with zero attached hydrogens (tertiary/aromatic N) is 1. The molecule has 0 radical (unpaired) electrons. The summed E-state index contributed by atoms with van der Waals surface area (Å²) in [7, 11) is 0. The molecule has 2 aromatic rings. The number of unbranched alkanes of at least 4 members (excludes halogenated alkanes) is 1. The van der Waals surface area contributed by atoms with Crippen LogP contribution in [0, 0.1) is 0 Å². The molecule has 0 fully saturated rings. The molecule has 0 aromatic heterocycles. The van der Waals surface area contributed by atoms with Crippen molar-refractivity contribution in [3.63, 3.8) is 0 Å². The average molecular weight is 380 g/mol. The van der Waals surface area contributed by atoms with Crippen molar-refractivity contribution in [1.82, 2.24) is 0 Å². The van der Waals surface area contributed by atoms with Gasteiger partial charge in [-0.2, -0.15) is 0 Å². The van der Waals surface area contributed by atoms with Crippen molar-refractivity contribution in [2.75, 3.05) is 0 Å². The van der Waals surface area contributed by atoms with Crippen LogP contribution in [0.1, 0.15) is 74.4 Å². The lowest BCUT2D eigenvalue weighted by molar-refractivity contribution is 0.0329. The highest BCUT2D eigenvalue weighted by Gasteiger charge is 2.11. The molecule has 0 saturated carbocycles. The predicted octanol–water partition coefficient (Wildman–Crippen LogP) is 6.71. The normalized spacial score (nSPS) is 12.2. The number of rotatable bonds is 11. The summed E-state index contributed by atoms with van der Waals surface area (Å²) in [6, 6.07) is 16.1. The Morgan fingerprint density at radius 1 is 0.964 bits per heavy atom. The predicted molar refractivity (Wildman–Crippen MR) is 118 cm³/mol. The van der Waals surface area contributed by atoms with Crippen molar-refractivity contribution in [2.24, 2.45) is 4.99 Å². The number of ether oxygens (including phenoxy) is 1. The summed E-state index contributed by atoms with van der Waals surface area (Å²) in [5, 5.41) is 0. The fourth-order valence-corrected chi connectivity index (χ4v) is 3.01. The Kier molecular flexibility index (Phi) is 9.47. The smallest absolute Gasteiger partial charge is 0.338 e. The molecular weight excluding hydrogens is 346 g/mol. The molecule has 0 bridgehead atoms. The van der Waals surface area contributed by atoms with Crippen LogP contribution < -0.4 is 0 Å². The molecule has 0 aliphatic rings. The zero-order chi connectivity index (χ0) is 20.2. The second-order valence-corrected chi connectivity index (χ2v) is 7.32. The summed E-state index contributed by atoms with van der Waals surface area (Å²) in [6.07, 6.45) is 8.98. The van der Waals surface area contributed by atoms with Crippen LogP contribution >= 0.6 is 0 Å². The Morgan fingerprint density at radius 2 is 1.61 bits per heavy atom. The summed E-state index contributed by atoms with van der Waals surface area (Å²) in [6.45, 7) is 6.30. The van der Waals surface area contributed by atoms with E-state index in [1.54, 1.807) is 0 Å². The van der Waals surface area contributed by atoms with Crippen molar-refractivity contribution < 1.29 is 9.53 Å². The van der Waals surface area contributed by atoms with Gasteiger partial charge in [0.2, 0.25) is 0 Å². The van der Waals surface area contributed by atoms with Gasteiger partial charge in [0.15, 0.2) is 0 Å². The number of carbonyl (C=O) groups excluding carboxylic acids is 1. The lowest BCUT2D eigenvalue weighted by atomic mass is 10.1. The van der Waals surface area contributed by atoms with Crippen molar-refractivity contribution in [1.29, 1.82) is 0 Å². The number of carbonyl (C=O) groups is 1. The summed E-state index contributed by atoms with van der Waals surface area (Å²) < 4.78 is 5.55. The number of hydrogen-bond acceptors (Lipinski definition) is 3. The van der Waals surface area contributed by atoms with Crippen LogP contribution in [0.3, 0.4) is 0 Å². The van der Waals surface area contributed by atoms with Crippen LogP contribution in [0.15, 0.2) is 53.5 Å². The third-order valence-corrected chi connectivity index (χ3v) is 4.73. The summed E-state index contributed by atoms with van der Waals surface area (Å²) in [5.74, 6) is -0.252. The monoisotopic (exact) mass is 379 g/mol. The molecule has 0 spiro atoms. The molecule has 150 valence electrons. The van der Waals surface area contributed by atoms with Gasteiger partial charge in [-0.3, -0.25) is 4.99 Å². The Hall–Kier alpha value is -2.42. The first-order valence-corrected chi connectivity index (χ1v) is 10.5. The highest BCUT2D eigenvalue weighted by molar-refractivity contribution is 5.89. The van der Waals surface area contributed by atoms with E-state index in [0.29, 0.717) is 5.56 Å². The summed E-state index contributed by atoms with van der Waals surface area (Å²) >= 11 is 0. The standard InChI is InChI=1S/C25H33NO2/c1-4-6-10-22-11-15-23(16-12-22)25(27)28-20(3)9-7-19-26-24-17-13-21(8-5-2)14-18-24/h11-20H,4-10H2,1-3H3. The minimum atomic E-state index is -0.252. The van der Waals surface area contributed by atoms with E-state index in [-0.39, 0.29) is 12.1 Å². The van der Waals surface area contributed by atoms with Crippen LogP contribution in [0.2, 0.25) is 0 Å². The second kappa shape index (κ2) is 12.1. The van der Waals surface area contributed by atoms with Crippen molar-refractivity contribution in [3.05, 3.63) is 65.2 Å². The third kappa shape index (κ3) is 7.67. The van der Waals surface area contributed by atoms with Gasteiger partial charge in [-0.1, -0.05) is 51.0 Å². The number of esters is 1. The minimum absolute atomic E-state index is 0.134. The molecule has 1 atom stereocenters. The van der Waals surface area contributed by atoms with Crippen molar-refractivity contribution in [2.45, 2.75) is 71.8 Å². The van der Waals surface area contributed by atoms with Gasteiger partial charge in [0.1, 0.15) is 0 Å². The van der Waals surface area contributed by atoms with Crippen LogP contribution in [0.4, 0.5) is 5.69 Å². The second-order valence-electron chi connectivity index (χ2n) is 7.32. The van der Waals surface area contributed by atoms with Gasteiger partial charge in [0.05, 0.1) is 17.4 Å². The van der Waals surface area contributed by atoms with Crippen molar-refractivity contribution in [3.8, 4) is 0 Å². The lowest BCUT2D eigenvalue weighted by Crippen LogP contribution is -2.15. The van der Waals surface area contributed by atoms with E-state index in [9.17, 15) is 4.79 Å². The van der Waals surface area contributed by atoms with E-state index >= 15 is 0 Å². The number of aliphatic imine (C=N–C) groups is 1. The van der Waals surface area contributed by atoms with Crippen molar-refractivity contribution >= 4 is 17.9 Å². The minimum Gasteiger partial charge on any atom is -0.459 e. The molecule has 0 amide bonds. The molecule has 28 heavy (non-hydrogen) atoms. The van der Waals surface area contributed by atoms with Gasteiger partial charge in [-0.25, -0.2) is 4.79 Å². The molecule has 0 aliphatic carbocycles. The number of aryl methyl sites for hydroxylation is 2. The van der Waals surface area contributed by atoms with Crippen LogP contribution in [-0.2, 0) is 17.6 Å². The Balaban J connectivity index is 1.73. The molecule has 0 aliphatic heterocycles. The average Bonchev–Trinajstić information content (AvgIpc) is 2.71.